The smallest absolute Gasteiger partial charge is 0.543 e. The van der Waals surface area contributed by atoms with Crippen LogP contribution in [0.25, 0.3) is 0 Å². The van der Waals surface area contributed by atoms with Gasteiger partial charge in [0.05, 0.1) is 11.7 Å². The van der Waals surface area contributed by atoms with Crippen LogP contribution in [0.4, 0.5) is 5.13 Å². The number of ketones is 1. The first-order valence-electron chi connectivity index (χ1n) is 10.3. The number of Topliss-reactive ketones (excluding diaryl/α,β-unsaturated/α-hetero) is 1. The number of aromatic nitrogens is 1. The third-order valence-corrected chi connectivity index (χ3v) is 7.18. The van der Waals surface area contributed by atoms with Crippen molar-refractivity contribution in [3.05, 3.63) is 22.3 Å². The number of halogens is 1. The van der Waals surface area contributed by atoms with Crippen molar-refractivity contribution in [1.82, 2.24) is 15.2 Å². The number of thiazole rings is 1. The van der Waals surface area contributed by atoms with Crippen molar-refractivity contribution in [2.45, 2.75) is 24.8 Å². The molecule has 0 unspecified atom stereocenters. The van der Waals surface area contributed by atoms with Gasteiger partial charge in [-0.2, -0.15) is 0 Å². The average molecular weight is 596 g/mol. The van der Waals surface area contributed by atoms with E-state index in [0.29, 0.717) is 0 Å². The number of carboxylic acid groups (broad SMARTS) is 1. The number of β-lactam (4-membered cyclic amide) rings is 1. The summed E-state index contributed by atoms with van der Waals surface area (Å²) in [5.41, 5.74) is -0.572. The summed E-state index contributed by atoms with van der Waals surface area (Å²) in [6.07, 6.45) is -0.467. The summed E-state index contributed by atoms with van der Waals surface area (Å²) >= 11 is 7.59. The Labute approximate surface area is 250 Å². The quantitative estimate of drug-likeness (QED) is 0.0476. The van der Waals surface area contributed by atoms with E-state index < -0.39 is 65.6 Å². The van der Waals surface area contributed by atoms with Crippen LogP contribution in [-0.4, -0.2) is 87.8 Å². The standard InChI is InChI=1S/C20H20ClN5O9S2.Na/c1-8(27)3-12(29)35-5-9-6-36-18-14(17(31)26(18)15(9)19(32)33)24-16(30)13(25-34-2)10-7-37-20(22-10)23-11(28)4-21;/h7,14,18H,3-6H2,1-2H3,(H,24,30)(H,32,33)(H,22,23,28);/q;+1/p-1/b25-13-;/t14-,18-;/m1./s1. The molecule has 2 aliphatic rings. The summed E-state index contributed by atoms with van der Waals surface area (Å²) < 4.78 is 4.95. The maximum atomic E-state index is 12.9. The molecule has 0 saturated carbocycles. The summed E-state index contributed by atoms with van der Waals surface area (Å²) in [5, 5.41) is 21.2. The number of oxime groups is 1. The predicted molar refractivity (Wildman–Crippen MR) is 128 cm³/mol. The molecule has 2 aliphatic heterocycles. The number of nitrogens with zero attached hydrogens (tertiary/aromatic N) is 3. The number of hydrogen-bond donors (Lipinski definition) is 2. The zero-order valence-corrected chi connectivity index (χ0v) is 24.7. The molecule has 0 aliphatic carbocycles. The van der Waals surface area contributed by atoms with E-state index in [1.54, 1.807) is 0 Å². The average Bonchev–Trinajstić information content (AvgIpc) is 3.30. The van der Waals surface area contributed by atoms with Crippen LogP contribution in [0.2, 0.25) is 0 Å². The van der Waals surface area contributed by atoms with Crippen LogP contribution >= 0.6 is 34.7 Å². The fraction of sp³-hybridized carbons (Fsp3) is 0.400. The van der Waals surface area contributed by atoms with Crippen LogP contribution < -0.4 is 45.3 Å². The van der Waals surface area contributed by atoms with Crippen LogP contribution in [0.5, 0.6) is 0 Å². The van der Waals surface area contributed by atoms with Crippen molar-refractivity contribution in [2.24, 2.45) is 5.16 Å². The molecule has 2 atom stereocenters. The Morgan fingerprint density at radius 2 is 2.03 bits per heavy atom. The van der Waals surface area contributed by atoms with Crippen LogP contribution in [0.3, 0.4) is 0 Å². The second kappa shape index (κ2) is 14.0. The van der Waals surface area contributed by atoms with Crippen molar-refractivity contribution >= 4 is 81.0 Å². The van der Waals surface area contributed by atoms with Gasteiger partial charge in [-0.1, -0.05) is 5.16 Å². The molecule has 0 bridgehead atoms. The first-order chi connectivity index (χ1) is 17.6. The van der Waals surface area contributed by atoms with Crippen molar-refractivity contribution in [1.29, 1.82) is 0 Å². The van der Waals surface area contributed by atoms with Gasteiger partial charge in [-0.25, -0.2) is 4.98 Å². The van der Waals surface area contributed by atoms with Gasteiger partial charge in [-0.05, 0) is 6.92 Å². The number of aliphatic carboxylic acids is 1. The molecular formula is C20H19ClN5NaO9S2. The molecule has 1 aromatic heterocycles. The van der Waals surface area contributed by atoms with E-state index >= 15 is 0 Å². The molecule has 1 saturated heterocycles. The third kappa shape index (κ3) is 7.33. The second-order valence-corrected chi connectivity index (χ2v) is 9.71. The molecule has 38 heavy (non-hydrogen) atoms. The maximum Gasteiger partial charge on any atom is 1.00 e. The summed E-state index contributed by atoms with van der Waals surface area (Å²) in [5.74, 6) is -5.20. The number of esters is 1. The number of thioether (sulfide) groups is 1. The van der Waals surface area contributed by atoms with Gasteiger partial charge in [-0.15, -0.1) is 34.7 Å². The van der Waals surface area contributed by atoms with Gasteiger partial charge in [0.2, 0.25) is 5.91 Å². The van der Waals surface area contributed by atoms with Gasteiger partial charge in [0, 0.05) is 16.7 Å². The van der Waals surface area contributed by atoms with Crippen molar-refractivity contribution < 1.29 is 73.0 Å². The number of carboxylic acids is 1. The van der Waals surface area contributed by atoms with E-state index in [1.807, 2.05) is 0 Å². The zero-order chi connectivity index (χ0) is 27.3. The minimum atomic E-state index is -1.66. The topological polar surface area (TPSA) is 196 Å². The number of ether oxygens (including phenoxy) is 1. The van der Waals surface area contributed by atoms with Crippen LogP contribution in [0.1, 0.15) is 19.0 Å². The Kier molecular flexibility index (Phi) is 11.7. The van der Waals surface area contributed by atoms with Gasteiger partial charge < -0.3 is 30.1 Å². The van der Waals surface area contributed by atoms with Gasteiger partial charge in [0.1, 0.15) is 48.9 Å². The largest absolute Gasteiger partial charge is 1.00 e. The molecule has 1 fully saturated rings. The molecule has 198 valence electrons. The van der Waals surface area contributed by atoms with Crippen LogP contribution in [0, 0.1) is 0 Å². The number of anilines is 1. The molecule has 3 amide bonds. The van der Waals surface area contributed by atoms with Gasteiger partial charge in [-0.3, -0.25) is 28.9 Å². The molecule has 0 radical (unpaired) electrons. The third-order valence-electron chi connectivity index (χ3n) is 4.84. The normalized spacial score (nSPS) is 18.4. The Bertz CT molecular complexity index is 1220. The summed E-state index contributed by atoms with van der Waals surface area (Å²) in [4.78, 5) is 81.4. The Hall–Kier alpha value is -2.50. The maximum absolute atomic E-state index is 12.9. The van der Waals surface area contributed by atoms with Gasteiger partial charge in [0.25, 0.3) is 11.8 Å². The minimum absolute atomic E-state index is 0. The molecule has 14 nitrogen and oxygen atoms in total. The Morgan fingerprint density at radius 1 is 1.32 bits per heavy atom. The molecule has 1 aromatic rings. The molecule has 0 spiro atoms. The van der Waals surface area contributed by atoms with E-state index in [1.165, 1.54) is 19.4 Å². The van der Waals surface area contributed by atoms with Gasteiger partial charge >= 0.3 is 35.5 Å². The Morgan fingerprint density at radius 3 is 2.63 bits per heavy atom. The number of alkyl halides is 1. The number of fused-ring (bicyclic) bond motifs is 1. The van der Waals surface area contributed by atoms with Gasteiger partial charge in [0.15, 0.2) is 10.8 Å². The molecule has 3 rings (SSSR count). The summed E-state index contributed by atoms with van der Waals surface area (Å²) in [7, 11) is 1.20. The first-order valence-corrected chi connectivity index (χ1v) is 12.8. The number of carbonyl (C=O) groups is 6. The SMILES string of the molecule is CO/N=C(\C(=O)N[C@@H]1C(=O)N2C(C(=O)[O-])=C(COC(=O)CC(C)=O)CS[C@H]12)c1csc(NC(=O)CCl)n1.[Na+]. The van der Waals surface area contributed by atoms with E-state index in [4.69, 9.17) is 21.2 Å². The van der Waals surface area contributed by atoms with E-state index in [-0.39, 0.29) is 63.3 Å². The fourth-order valence-corrected chi connectivity index (χ4v) is 5.41. The first kappa shape index (κ1) is 31.7. The molecule has 18 heteroatoms. The number of carbonyl (C=O) groups excluding carboxylic acids is 6. The van der Waals surface area contributed by atoms with Crippen molar-refractivity contribution in [2.75, 3.05) is 30.7 Å². The van der Waals surface area contributed by atoms with E-state index in [9.17, 15) is 33.9 Å². The van der Waals surface area contributed by atoms with E-state index in [0.717, 1.165) is 28.0 Å². The van der Waals surface area contributed by atoms with Crippen LogP contribution in [0.15, 0.2) is 21.8 Å². The van der Waals surface area contributed by atoms with Crippen LogP contribution in [-0.2, 0) is 38.3 Å². The van der Waals surface area contributed by atoms with Crippen molar-refractivity contribution in [3.63, 3.8) is 0 Å². The predicted octanol–water partition coefficient (Wildman–Crippen LogP) is -4.40. The number of amides is 3. The number of rotatable bonds is 11. The van der Waals surface area contributed by atoms with Crippen molar-refractivity contribution in [3.8, 4) is 0 Å². The second-order valence-electron chi connectivity index (χ2n) is 7.48. The molecular weight excluding hydrogens is 577 g/mol. The number of hydrogen-bond acceptors (Lipinski definition) is 13. The summed E-state index contributed by atoms with van der Waals surface area (Å²) in [6.45, 7) is 0.768. The number of nitrogens with one attached hydrogen (secondary N) is 2. The summed E-state index contributed by atoms with van der Waals surface area (Å²) in [6, 6.07) is -1.11. The monoisotopic (exact) mass is 595 g/mol. The molecule has 2 N–H and O–H groups in total. The molecule has 3 heterocycles. The minimum Gasteiger partial charge on any atom is -0.543 e. The Balaban J connectivity index is 0.00000507. The fourth-order valence-electron chi connectivity index (χ4n) is 3.30. The molecule has 0 aromatic carbocycles. The zero-order valence-electron chi connectivity index (χ0n) is 20.3. The van der Waals surface area contributed by atoms with E-state index in [2.05, 4.69) is 20.8 Å².